The van der Waals surface area contributed by atoms with Gasteiger partial charge in [0.15, 0.2) is 0 Å². The molecule has 0 radical (unpaired) electrons. The Morgan fingerprint density at radius 1 is 1.44 bits per heavy atom. The summed E-state index contributed by atoms with van der Waals surface area (Å²) in [7, 11) is 0. The molecule has 1 aromatic heterocycles. The Bertz CT molecular complexity index is 587. The summed E-state index contributed by atoms with van der Waals surface area (Å²) in [5.41, 5.74) is 1.50. The monoisotopic (exact) mass is 247 g/mol. The number of H-pyrrole nitrogens is 1. The summed E-state index contributed by atoms with van der Waals surface area (Å²) in [5.74, 6) is 0.769. The fourth-order valence-corrected chi connectivity index (χ4v) is 2.24. The molecular weight excluding hydrogens is 234 g/mol. The summed E-state index contributed by atoms with van der Waals surface area (Å²) in [4.78, 5) is 17.8. The van der Waals surface area contributed by atoms with Gasteiger partial charge in [-0.1, -0.05) is 0 Å². The summed E-state index contributed by atoms with van der Waals surface area (Å²) in [6, 6.07) is 4.64. The topological polar surface area (TPSA) is 81.1 Å². The van der Waals surface area contributed by atoms with Crippen molar-refractivity contribution < 1.29 is 9.66 Å². The van der Waals surface area contributed by atoms with Gasteiger partial charge in [0.1, 0.15) is 11.9 Å². The largest absolute Gasteiger partial charge is 0.370 e. The molecule has 1 aliphatic heterocycles. The number of nitro benzene ring substituents is 1. The average molecular weight is 247 g/mol. The molecule has 2 aromatic rings. The van der Waals surface area contributed by atoms with Crippen LogP contribution in [-0.2, 0) is 4.74 Å². The van der Waals surface area contributed by atoms with E-state index in [1.54, 1.807) is 6.07 Å². The van der Waals surface area contributed by atoms with Gasteiger partial charge in [0.25, 0.3) is 5.69 Å². The minimum Gasteiger partial charge on any atom is -0.370 e. The van der Waals surface area contributed by atoms with Crippen molar-refractivity contribution in [2.24, 2.45) is 0 Å². The van der Waals surface area contributed by atoms with Crippen LogP contribution in [0.1, 0.15) is 31.2 Å². The number of rotatable bonds is 2. The molecule has 2 heterocycles. The number of nitrogens with zero attached hydrogens (tertiary/aromatic N) is 2. The minimum absolute atomic E-state index is 0.00907. The first-order chi connectivity index (χ1) is 8.74. The number of hydrogen-bond acceptors (Lipinski definition) is 4. The quantitative estimate of drug-likeness (QED) is 0.653. The Labute approximate surface area is 103 Å². The lowest BCUT2D eigenvalue weighted by Gasteiger charge is -2.20. The van der Waals surface area contributed by atoms with E-state index in [-0.39, 0.29) is 11.8 Å². The molecule has 0 spiro atoms. The van der Waals surface area contributed by atoms with Crippen LogP contribution in [0.2, 0.25) is 0 Å². The molecule has 94 valence electrons. The van der Waals surface area contributed by atoms with E-state index in [1.165, 1.54) is 12.1 Å². The fourth-order valence-electron chi connectivity index (χ4n) is 2.24. The summed E-state index contributed by atoms with van der Waals surface area (Å²) in [5, 5.41) is 10.7. The Hall–Kier alpha value is -1.95. The van der Waals surface area contributed by atoms with E-state index in [1.807, 2.05) is 0 Å². The summed E-state index contributed by atoms with van der Waals surface area (Å²) in [6.07, 6.45) is 3.15. The number of aromatic amines is 1. The summed E-state index contributed by atoms with van der Waals surface area (Å²) >= 11 is 0. The van der Waals surface area contributed by atoms with Crippen LogP contribution in [0.3, 0.4) is 0 Å². The fraction of sp³-hybridized carbons (Fsp3) is 0.417. The van der Waals surface area contributed by atoms with E-state index in [9.17, 15) is 10.1 Å². The Morgan fingerprint density at radius 2 is 2.33 bits per heavy atom. The lowest BCUT2D eigenvalue weighted by atomic mass is 10.1. The number of nitrogens with one attached hydrogen (secondary N) is 1. The second-order valence-corrected chi connectivity index (χ2v) is 4.44. The van der Waals surface area contributed by atoms with E-state index in [0.29, 0.717) is 5.52 Å². The average Bonchev–Trinajstić information content (AvgIpc) is 2.82. The molecule has 6 nitrogen and oxygen atoms in total. The lowest BCUT2D eigenvalue weighted by molar-refractivity contribution is -0.384. The number of benzene rings is 1. The normalized spacial score (nSPS) is 20.1. The first-order valence-electron chi connectivity index (χ1n) is 6.00. The van der Waals surface area contributed by atoms with E-state index in [4.69, 9.17) is 4.74 Å². The van der Waals surface area contributed by atoms with Gasteiger partial charge in [-0.15, -0.1) is 0 Å². The highest BCUT2D eigenvalue weighted by atomic mass is 16.6. The number of non-ortho nitro benzene ring substituents is 1. The van der Waals surface area contributed by atoms with Crippen LogP contribution < -0.4 is 0 Å². The van der Waals surface area contributed by atoms with Crippen molar-refractivity contribution in [3.8, 4) is 0 Å². The number of nitro groups is 1. The number of hydrogen-bond donors (Lipinski definition) is 1. The van der Waals surface area contributed by atoms with Gasteiger partial charge in [-0.3, -0.25) is 10.1 Å². The molecule has 1 aromatic carbocycles. The maximum atomic E-state index is 10.7. The van der Waals surface area contributed by atoms with Gasteiger partial charge in [-0.25, -0.2) is 4.98 Å². The van der Waals surface area contributed by atoms with E-state index >= 15 is 0 Å². The Morgan fingerprint density at radius 3 is 3.06 bits per heavy atom. The van der Waals surface area contributed by atoms with Crippen LogP contribution in [0.5, 0.6) is 0 Å². The highest BCUT2D eigenvalue weighted by molar-refractivity contribution is 5.77. The molecular formula is C12H13N3O3. The van der Waals surface area contributed by atoms with Crippen molar-refractivity contribution in [1.82, 2.24) is 9.97 Å². The molecule has 1 aliphatic rings. The predicted octanol–water partition coefficient (Wildman–Crippen LogP) is 2.71. The van der Waals surface area contributed by atoms with Gasteiger partial charge in [0, 0.05) is 18.7 Å². The zero-order chi connectivity index (χ0) is 12.5. The first-order valence-corrected chi connectivity index (χ1v) is 6.00. The third-order valence-corrected chi connectivity index (χ3v) is 3.18. The highest BCUT2D eigenvalue weighted by Gasteiger charge is 2.20. The van der Waals surface area contributed by atoms with Crippen LogP contribution in [0.25, 0.3) is 11.0 Å². The number of imidazole rings is 1. The zero-order valence-electron chi connectivity index (χ0n) is 9.76. The van der Waals surface area contributed by atoms with Crippen LogP contribution in [-0.4, -0.2) is 21.5 Å². The van der Waals surface area contributed by atoms with Crippen molar-refractivity contribution in [1.29, 1.82) is 0 Å². The van der Waals surface area contributed by atoms with E-state index in [2.05, 4.69) is 9.97 Å². The number of aromatic nitrogens is 2. The Balaban J connectivity index is 1.97. The molecule has 18 heavy (non-hydrogen) atoms. The minimum atomic E-state index is -0.406. The molecule has 1 fully saturated rings. The van der Waals surface area contributed by atoms with Gasteiger partial charge >= 0.3 is 0 Å². The van der Waals surface area contributed by atoms with E-state index in [0.717, 1.165) is 37.2 Å². The SMILES string of the molecule is O=[N+]([O-])c1ccc2nc(C3CCCCO3)[nH]c2c1. The lowest BCUT2D eigenvalue weighted by Crippen LogP contribution is -2.12. The van der Waals surface area contributed by atoms with Gasteiger partial charge in [-0.05, 0) is 25.3 Å². The molecule has 1 saturated heterocycles. The van der Waals surface area contributed by atoms with Crippen LogP contribution in [0.15, 0.2) is 18.2 Å². The molecule has 0 saturated carbocycles. The van der Waals surface area contributed by atoms with Gasteiger partial charge in [-0.2, -0.15) is 0 Å². The Kier molecular flexibility index (Phi) is 2.71. The summed E-state index contributed by atoms with van der Waals surface area (Å²) in [6.45, 7) is 0.752. The zero-order valence-corrected chi connectivity index (χ0v) is 9.76. The third-order valence-electron chi connectivity index (χ3n) is 3.18. The second kappa shape index (κ2) is 4.38. The molecule has 1 unspecified atom stereocenters. The van der Waals surface area contributed by atoms with E-state index < -0.39 is 4.92 Å². The van der Waals surface area contributed by atoms with Gasteiger partial charge in [0.05, 0.1) is 16.0 Å². The van der Waals surface area contributed by atoms with Crippen LogP contribution in [0, 0.1) is 10.1 Å². The molecule has 0 bridgehead atoms. The van der Waals surface area contributed by atoms with Crippen molar-refractivity contribution in [3.63, 3.8) is 0 Å². The molecule has 0 aliphatic carbocycles. The number of ether oxygens (including phenoxy) is 1. The van der Waals surface area contributed by atoms with Crippen molar-refractivity contribution in [2.75, 3.05) is 6.61 Å². The maximum Gasteiger partial charge on any atom is 0.271 e. The third kappa shape index (κ3) is 1.95. The predicted molar refractivity (Wildman–Crippen MR) is 65.3 cm³/mol. The first kappa shape index (κ1) is 11.2. The standard InChI is InChI=1S/C12H13N3O3/c16-15(17)8-4-5-9-10(7-8)14-12(13-9)11-3-1-2-6-18-11/h4-5,7,11H,1-3,6H2,(H,13,14). The smallest absolute Gasteiger partial charge is 0.271 e. The molecule has 6 heteroatoms. The second-order valence-electron chi connectivity index (χ2n) is 4.44. The van der Waals surface area contributed by atoms with Crippen LogP contribution in [0.4, 0.5) is 5.69 Å². The van der Waals surface area contributed by atoms with Gasteiger partial charge in [0.2, 0.25) is 0 Å². The van der Waals surface area contributed by atoms with Crippen LogP contribution >= 0.6 is 0 Å². The molecule has 0 amide bonds. The maximum absolute atomic E-state index is 10.7. The molecule has 3 rings (SSSR count). The van der Waals surface area contributed by atoms with Crippen molar-refractivity contribution in [3.05, 3.63) is 34.1 Å². The number of fused-ring (bicyclic) bond motifs is 1. The highest BCUT2D eigenvalue weighted by Crippen LogP contribution is 2.28. The molecule has 1 N–H and O–H groups in total. The molecule has 1 atom stereocenters. The van der Waals surface area contributed by atoms with Crippen molar-refractivity contribution >= 4 is 16.7 Å². The summed E-state index contributed by atoms with van der Waals surface area (Å²) < 4.78 is 5.64. The van der Waals surface area contributed by atoms with Crippen molar-refractivity contribution in [2.45, 2.75) is 25.4 Å². The van der Waals surface area contributed by atoms with Gasteiger partial charge < -0.3 is 9.72 Å².